The Morgan fingerprint density at radius 3 is 2.46 bits per heavy atom. The van der Waals surface area contributed by atoms with Crippen LogP contribution in [0.1, 0.15) is 24.1 Å². The number of ether oxygens (including phenoxy) is 1. The number of hydrogen-bond donors (Lipinski definition) is 1. The molecule has 1 aliphatic heterocycles. The van der Waals surface area contributed by atoms with Gasteiger partial charge in [0.2, 0.25) is 0 Å². The fraction of sp³-hybridized carbons (Fsp3) is 0.200. The smallest absolute Gasteiger partial charge is 0.337 e. The lowest BCUT2D eigenvalue weighted by molar-refractivity contribution is -0.136. The second kappa shape index (κ2) is 7.39. The monoisotopic (exact) mass is 354 g/mol. The number of carbonyl (C=O) groups is 2. The summed E-state index contributed by atoms with van der Waals surface area (Å²) in [7, 11) is 1.26. The molecule has 6 heteroatoms. The highest BCUT2D eigenvalue weighted by Crippen LogP contribution is 2.33. The maximum atomic E-state index is 14.3. The van der Waals surface area contributed by atoms with Crippen LogP contribution in [0.5, 0.6) is 0 Å². The largest absolute Gasteiger partial charge is 0.466 e. The van der Waals surface area contributed by atoms with Gasteiger partial charge in [0.25, 0.3) is 0 Å². The second-order valence-corrected chi connectivity index (χ2v) is 5.97. The van der Waals surface area contributed by atoms with E-state index in [4.69, 9.17) is 4.74 Å². The van der Waals surface area contributed by atoms with Crippen molar-refractivity contribution in [3.63, 3.8) is 0 Å². The molecule has 1 atom stereocenters. The first-order chi connectivity index (χ1) is 12.5. The highest BCUT2D eigenvalue weighted by atomic mass is 19.1. The summed E-state index contributed by atoms with van der Waals surface area (Å²) < 4.78 is 19.2. The molecule has 2 amide bonds. The Morgan fingerprint density at radius 2 is 1.81 bits per heavy atom. The molecule has 0 saturated heterocycles. The second-order valence-electron chi connectivity index (χ2n) is 5.97. The number of benzene rings is 2. The Hall–Kier alpha value is -3.15. The Kier molecular flexibility index (Phi) is 5.02. The minimum Gasteiger partial charge on any atom is -0.466 e. The predicted molar refractivity (Wildman–Crippen MR) is 94.4 cm³/mol. The van der Waals surface area contributed by atoms with Gasteiger partial charge in [0.15, 0.2) is 0 Å². The van der Waals surface area contributed by atoms with Crippen molar-refractivity contribution in [2.75, 3.05) is 7.11 Å². The molecule has 0 aliphatic carbocycles. The van der Waals surface area contributed by atoms with Crippen LogP contribution < -0.4 is 5.32 Å². The molecule has 1 aliphatic rings. The highest BCUT2D eigenvalue weighted by molar-refractivity contribution is 5.95. The van der Waals surface area contributed by atoms with Gasteiger partial charge in [-0.05, 0) is 18.6 Å². The van der Waals surface area contributed by atoms with Crippen LogP contribution in [-0.4, -0.2) is 24.0 Å². The van der Waals surface area contributed by atoms with Crippen LogP contribution in [0.2, 0.25) is 0 Å². The van der Waals surface area contributed by atoms with Gasteiger partial charge in [-0.3, -0.25) is 4.90 Å². The summed E-state index contributed by atoms with van der Waals surface area (Å²) in [4.78, 5) is 26.5. The van der Waals surface area contributed by atoms with Crippen LogP contribution >= 0.6 is 0 Å². The van der Waals surface area contributed by atoms with E-state index in [-0.39, 0.29) is 11.1 Å². The van der Waals surface area contributed by atoms with Gasteiger partial charge in [0.1, 0.15) is 5.82 Å². The quantitative estimate of drug-likeness (QED) is 0.855. The molecule has 0 saturated carbocycles. The first kappa shape index (κ1) is 17.7. The molecular formula is C20H19FN2O3. The Morgan fingerprint density at radius 1 is 1.15 bits per heavy atom. The Labute approximate surface area is 151 Å². The van der Waals surface area contributed by atoms with Gasteiger partial charge in [0, 0.05) is 11.3 Å². The van der Waals surface area contributed by atoms with Gasteiger partial charge in [-0.15, -0.1) is 0 Å². The van der Waals surface area contributed by atoms with Crippen molar-refractivity contribution < 1.29 is 18.7 Å². The molecule has 134 valence electrons. The van der Waals surface area contributed by atoms with Crippen molar-refractivity contribution in [1.82, 2.24) is 10.2 Å². The number of esters is 1. The molecule has 0 fully saturated rings. The topological polar surface area (TPSA) is 58.6 Å². The zero-order valence-electron chi connectivity index (χ0n) is 14.5. The van der Waals surface area contributed by atoms with E-state index in [0.717, 1.165) is 5.56 Å². The van der Waals surface area contributed by atoms with E-state index in [2.05, 4.69) is 5.32 Å². The van der Waals surface area contributed by atoms with Gasteiger partial charge in [-0.25, -0.2) is 14.0 Å². The average molecular weight is 354 g/mol. The molecule has 0 radical (unpaired) electrons. The van der Waals surface area contributed by atoms with Gasteiger partial charge in [-0.2, -0.15) is 0 Å². The van der Waals surface area contributed by atoms with Crippen LogP contribution in [0.25, 0.3) is 0 Å². The number of carbonyl (C=O) groups excluding carboxylic acids is 2. The van der Waals surface area contributed by atoms with E-state index in [1.165, 1.54) is 18.1 Å². The summed E-state index contributed by atoms with van der Waals surface area (Å²) in [6.07, 6.45) is 0. The maximum Gasteiger partial charge on any atom is 0.337 e. The number of urea groups is 1. The average Bonchev–Trinajstić information content (AvgIpc) is 2.65. The summed E-state index contributed by atoms with van der Waals surface area (Å²) >= 11 is 0. The third-order valence-corrected chi connectivity index (χ3v) is 4.40. The lowest BCUT2D eigenvalue weighted by atomic mass is 9.94. The van der Waals surface area contributed by atoms with Gasteiger partial charge in [0.05, 0.1) is 25.3 Å². The molecule has 1 heterocycles. The van der Waals surface area contributed by atoms with Crippen molar-refractivity contribution in [2.24, 2.45) is 0 Å². The zero-order chi connectivity index (χ0) is 18.7. The number of halogens is 1. The standard InChI is InChI=1S/C20H19FN2O3/c1-13-17(19(24)26-2)18(15-10-6-7-11-16(15)21)22-20(25)23(13)12-14-8-4-3-5-9-14/h3-11,18H,12H2,1-2H3,(H,22,25)/t18-/m1/s1. The molecule has 0 aromatic heterocycles. The predicted octanol–water partition coefficient (Wildman–Crippen LogP) is 3.54. The van der Waals surface area contributed by atoms with E-state index < -0.39 is 23.9 Å². The fourth-order valence-corrected chi connectivity index (χ4v) is 3.05. The number of methoxy groups -OCH3 is 1. The summed E-state index contributed by atoms with van der Waals surface area (Å²) in [6, 6.07) is 14.2. The van der Waals surface area contributed by atoms with Crippen LogP contribution in [0.3, 0.4) is 0 Å². The molecule has 26 heavy (non-hydrogen) atoms. The Balaban J connectivity index is 2.05. The Bertz CT molecular complexity index is 864. The number of nitrogens with zero attached hydrogens (tertiary/aromatic N) is 1. The number of allylic oxidation sites excluding steroid dienone is 1. The molecule has 2 aromatic carbocycles. The molecular weight excluding hydrogens is 335 g/mol. The first-order valence-corrected chi connectivity index (χ1v) is 8.18. The van der Waals surface area contributed by atoms with Crippen molar-refractivity contribution in [2.45, 2.75) is 19.5 Å². The normalized spacial score (nSPS) is 17.1. The summed E-state index contributed by atoms with van der Waals surface area (Å²) in [6.45, 7) is 1.96. The highest BCUT2D eigenvalue weighted by Gasteiger charge is 2.37. The SMILES string of the molecule is COC(=O)C1=C(C)N(Cc2ccccc2)C(=O)N[C@@H]1c1ccccc1F. The minimum atomic E-state index is -0.900. The van der Waals surface area contributed by atoms with E-state index >= 15 is 0 Å². The van der Waals surface area contributed by atoms with Crippen LogP contribution in [0.4, 0.5) is 9.18 Å². The van der Waals surface area contributed by atoms with Crippen LogP contribution in [-0.2, 0) is 16.1 Å². The van der Waals surface area contributed by atoms with Crippen molar-refractivity contribution in [3.05, 3.63) is 82.8 Å². The third kappa shape index (κ3) is 3.31. The van der Waals surface area contributed by atoms with Gasteiger partial charge < -0.3 is 10.1 Å². The van der Waals surface area contributed by atoms with Crippen molar-refractivity contribution >= 4 is 12.0 Å². The molecule has 0 spiro atoms. The number of rotatable bonds is 4. The molecule has 1 N–H and O–H groups in total. The molecule has 0 unspecified atom stereocenters. The van der Waals surface area contributed by atoms with E-state index in [9.17, 15) is 14.0 Å². The lowest BCUT2D eigenvalue weighted by Crippen LogP contribution is -2.47. The summed E-state index contributed by atoms with van der Waals surface area (Å²) in [5.74, 6) is -1.10. The van der Waals surface area contributed by atoms with E-state index in [0.29, 0.717) is 12.2 Å². The van der Waals surface area contributed by atoms with E-state index in [1.54, 1.807) is 25.1 Å². The molecule has 0 bridgehead atoms. The maximum absolute atomic E-state index is 14.3. The van der Waals surface area contributed by atoms with Crippen molar-refractivity contribution in [1.29, 1.82) is 0 Å². The van der Waals surface area contributed by atoms with Gasteiger partial charge in [-0.1, -0.05) is 48.5 Å². The lowest BCUT2D eigenvalue weighted by Gasteiger charge is -2.35. The number of hydrogen-bond acceptors (Lipinski definition) is 3. The molecule has 5 nitrogen and oxygen atoms in total. The fourth-order valence-electron chi connectivity index (χ4n) is 3.05. The van der Waals surface area contributed by atoms with E-state index in [1.807, 2.05) is 30.3 Å². The summed E-state index contributed by atoms with van der Waals surface area (Å²) in [5, 5.41) is 2.73. The number of nitrogens with one attached hydrogen (secondary N) is 1. The zero-order valence-corrected chi connectivity index (χ0v) is 14.5. The summed E-state index contributed by atoms with van der Waals surface area (Å²) in [5.41, 5.74) is 1.79. The van der Waals surface area contributed by atoms with Crippen molar-refractivity contribution in [3.8, 4) is 0 Å². The van der Waals surface area contributed by atoms with Crippen LogP contribution in [0, 0.1) is 5.82 Å². The molecule has 3 rings (SSSR count). The third-order valence-electron chi connectivity index (χ3n) is 4.40. The first-order valence-electron chi connectivity index (χ1n) is 8.18. The minimum absolute atomic E-state index is 0.216. The van der Waals surface area contributed by atoms with Gasteiger partial charge >= 0.3 is 12.0 Å². The van der Waals surface area contributed by atoms with Crippen LogP contribution in [0.15, 0.2) is 65.9 Å². The molecule has 2 aromatic rings. The number of amides is 2.